The molecule has 0 spiro atoms. The molecule has 1 atom stereocenters. The summed E-state index contributed by atoms with van der Waals surface area (Å²) in [6, 6.07) is 0.492. The van der Waals surface area contributed by atoms with Crippen LogP contribution < -0.4 is 5.32 Å². The fourth-order valence-corrected chi connectivity index (χ4v) is 3.14. The van der Waals surface area contributed by atoms with Crippen LogP contribution in [0.2, 0.25) is 0 Å². The molecule has 2 rings (SSSR count). The molecule has 0 aliphatic heterocycles. The number of nitrogens with one attached hydrogen (secondary N) is 1. The van der Waals surface area contributed by atoms with E-state index in [1.54, 1.807) is 0 Å². The molecule has 1 aromatic rings. The van der Waals surface area contributed by atoms with Crippen molar-refractivity contribution < 1.29 is 0 Å². The zero-order chi connectivity index (χ0) is 12.8. The van der Waals surface area contributed by atoms with Crippen molar-refractivity contribution in [2.45, 2.75) is 57.9 Å². The molecular weight excluding hydrogens is 222 g/mol. The van der Waals surface area contributed by atoms with E-state index in [9.17, 15) is 0 Å². The lowest BCUT2D eigenvalue weighted by atomic mass is 9.90. The van der Waals surface area contributed by atoms with Gasteiger partial charge in [0.25, 0.3) is 0 Å². The van der Waals surface area contributed by atoms with E-state index in [-0.39, 0.29) is 0 Å². The Morgan fingerprint density at radius 3 is 2.61 bits per heavy atom. The molecular formula is C15H27N3. The zero-order valence-electron chi connectivity index (χ0n) is 11.9. The SMILES string of the molecule is CCNC(CC1CCCCCC1)c1cnn(C)c1. The summed E-state index contributed by atoms with van der Waals surface area (Å²) in [4.78, 5) is 0. The van der Waals surface area contributed by atoms with Gasteiger partial charge in [0.1, 0.15) is 0 Å². The molecule has 1 N–H and O–H groups in total. The minimum absolute atomic E-state index is 0.492. The van der Waals surface area contributed by atoms with E-state index >= 15 is 0 Å². The number of nitrogens with zero attached hydrogens (tertiary/aromatic N) is 2. The first-order valence-electron chi connectivity index (χ1n) is 7.51. The average molecular weight is 249 g/mol. The van der Waals surface area contributed by atoms with Crippen LogP contribution >= 0.6 is 0 Å². The van der Waals surface area contributed by atoms with E-state index in [0.29, 0.717) is 6.04 Å². The Morgan fingerprint density at radius 2 is 2.06 bits per heavy atom. The minimum Gasteiger partial charge on any atom is -0.310 e. The lowest BCUT2D eigenvalue weighted by Crippen LogP contribution is -2.23. The fourth-order valence-electron chi connectivity index (χ4n) is 3.14. The largest absolute Gasteiger partial charge is 0.310 e. The van der Waals surface area contributed by atoms with Crippen molar-refractivity contribution in [3.8, 4) is 0 Å². The van der Waals surface area contributed by atoms with E-state index in [0.717, 1.165) is 12.5 Å². The van der Waals surface area contributed by atoms with Crippen LogP contribution in [0, 0.1) is 5.92 Å². The predicted molar refractivity (Wildman–Crippen MR) is 75.4 cm³/mol. The van der Waals surface area contributed by atoms with Gasteiger partial charge in [0, 0.05) is 24.8 Å². The topological polar surface area (TPSA) is 29.9 Å². The minimum atomic E-state index is 0.492. The van der Waals surface area contributed by atoms with Crippen molar-refractivity contribution in [2.75, 3.05) is 6.54 Å². The Morgan fingerprint density at radius 1 is 1.33 bits per heavy atom. The first kappa shape index (κ1) is 13.6. The molecule has 1 saturated carbocycles. The first-order chi connectivity index (χ1) is 8.79. The maximum atomic E-state index is 4.31. The Kier molecular flexibility index (Phi) is 5.24. The van der Waals surface area contributed by atoms with Crippen LogP contribution in [-0.4, -0.2) is 16.3 Å². The van der Waals surface area contributed by atoms with Crippen molar-refractivity contribution in [1.82, 2.24) is 15.1 Å². The smallest absolute Gasteiger partial charge is 0.0537 e. The third kappa shape index (κ3) is 3.84. The van der Waals surface area contributed by atoms with Crippen LogP contribution in [0.5, 0.6) is 0 Å². The second-order valence-electron chi connectivity index (χ2n) is 5.65. The van der Waals surface area contributed by atoms with Crippen molar-refractivity contribution in [2.24, 2.45) is 13.0 Å². The van der Waals surface area contributed by atoms with E-state index < -0.39 is 0 Å². The number of rotatable bonds is 5. The molecule has 1 fully saturated rings. The Labute approximate surface area is 111 Å². The monoisotopic (exact) mass is 249 g/mol. The summed E-state index contributed by atoms with van der Waals surface area (Å²) in [5, 5.41) is 7.93. The van der Waals surface area contributed by atoms with Crippen LogP contribution in [0.1, 0.15) is 63.5 Å². The third-order valence-electron chi connectivity index (χ3n) is 4.12. The van der Waals surface area contributed by atoms with Crippen LogP contribution in [0.4, 0.5) is 0 Å². The number of hydrogen-bond acceptors (Lipinski definition) is 2. The molecule has 0 bridgehead atoms. The standard InChI is InChI=1S/C15H27N3/c1-3-16-15(14-11-17-18(2)12-14)10-13-8-6-4-5-7-9-13/h11-13,15-16H,3-10H2,1-2H3. The molecule has 0 amide bonds. The summed E-state index contributed by atoms with van der Waals surface area (Å²) in [7, 11) is 2.00. The van der Waals surface area contributed by atoms with Crippen molar-refractivity contribution in [3.05, 3.63) is 18.0 Å². The Bertz CT molecular complexity index is 337. The first-order valence-corrected chi connectivity index (χ1v) is 7.51. The van der Waals surface area contributed by atoms with Gasteiger partial charge in [-0.1, -0.05) is 45.4 Å². The van der Waals surface area contributed by atoms with Crippen molar-refractivity contribution in [1.29, 1.82) is 0 Å². The molecule has 18 heavy (non-hydrogen) atoms. The second kappa shape index (κ2) is 6.93. The van der Waals surface area contributed by atoms with Gasteiger partial charge in [-0.2, -0.15) is 5.10 Å². The van der Waals surface area contributed by atoms with Crippen LogP contribution in [0.3, 0.4) is 0 Å². The van der Waals surface area contributed by atoms with Gasteiger partial charge in [-0.15, -0.1) is 0 Å². The summed E-state index contributed by atoms with van der Waals surface area (Å²) in [5.41, 5.74) is 1.35. The molecule has 0 aromatic carbocycles. The van der Waals surface area contributed by atoms with Crippen LogP contribution in [0.25, 0.3) is 0 Å². The molecule has 1 aliphatic carbocycles. The van der Waals surface area contributed by atoms with Crippen molar-refractivity contribution in [3.63, 3.8) is 0 Å². The number of aromatic nitrogens is 2. The number of aryl methyl sites for hydroxylation is 1. The highest BCUT2D eigenvalue weighted by Crippen LogP contribution is 2.30. The molecule has 3 heteroatoms. The van der Waals surface area contributed by atoms with E-state index in [1.165, 1.54) is 50.5 Å². The second-order valence-corrected chi connectivity index (χ2v) is 5.65. The van der Waals surface area contributed by atoms with E-state index in [1.807, 2.05) is 17.9 Å². The highest BCUT2D eigenvalue weighted by Gasteiger charge is 2.19. The van der Waals surface area contributed by atoms with Gasteiger partial charge < -0.3 is 5.32 Å². The normalized spacial score (nSPS) is 19.7. The predicted octanol–water partition coefficient (Wildman–Crippen LogP) is 3.43. The fraction of sp³-hybridized carbons (Fsp3) is 0.800. The van der Waals surface area contributed by atoms with Gasteiger partial charge >= 0.3 is 0 Å². The molecule has 102 valence electrons. The summed E-state index contributed by atoms with van der Waals surface area (Å²) in [6.07, 6.45) is 14.0. The molecule has 1 aliphatic rings. The molecule has 1 heterocycles. The van der Waals surface area contributed by atoms with Gasteiger partial charge in [0.05, 0.1) is 6.20 Å². The van der Waals surface area contributed by atoms with Crippen LogP contribution in [-0.2, 0) is 7.05 Å². The lowest BCUT2D eigenvalue weighted by Gasteiger charge is -2.22. The molecule has 0 radical (unpaired) electrons. The molecule has 0 saturated heterocycles. The third-order valence-corrected chi connectivity index (χ3v) is 4.12. The highest BCUT2D eigenvalue weighted by molar-refractivity contribution is 5.10. The molecule has 3 nitrogen and oxygen atoms in total. The maximum absolute atomic E-state index is 4.31. The summed E-state index contributed by atoms with van der Waals surface area (Å²) < 4.78 is 1.91. The Hall–Kier alpha value is -0.830. The van der Waals surface area contributed by atoms with E-state index in [4.69, 9.17) is 0 Å². The van der Waals surface area contributed by atoms with Gasteiger partial charge in [0.2, 0.25) is 0 Å². The van der Waals surface area contributed by atoms with Gasteiger partial charge in [0.15, 0.2) is 0 Å². The quantitative estimate of drug-likeness (QED) is 0.810. The molecule has 1 unspecified atom stereocenters. The molecule has 1 aromatic heterocycles. The van der Waals surface area contributed by atoms with Gasteiger partial charge in [-0.3, -0.25) is 4.68 Å². The maximum Gasteiger partial charge on any atom is 0.0537 e. The van der Waals surface area contributed by atoms with Crippen molar-refractivity contribution >= 4 is 0 Å². The zero-order valence-corrected chi connectivity index (χ0v) is 11.9. The summed E-state index contributed by atoms with van der Waals surface area (Å²) in [6.45, 7) is 3.22. The van der Waals surface area contributed by atoms with Crippen LogP contribution in [0.15, 0.2) is 12.4 Å². The highest BCUT2D eigenvalue weighted by atomic mass is 15.2. The lowest BCUT2D eigenvalue weighted by molar-refractivity contribution is 0.359. The average Bonchev–Trinajstić information content (AvgIpc) is 2.63. The van der Waals surface area contributed by atoms with Gasteiger partial charge in [-0.05, 0) is 18.9 Å². The van der Waals surface area contributed by atoms with E-state index in [2.05, 4.69) is 23.5 Å². The Balaban J connectivity index is 1.96. The summed E-state index contributed by atoms with van der Waals surface area (Å²) >= 11 is 0. The van der Waals surface area contributed by atoms with Gasteiger partial charge in [-0.25, -0.2) is 0 Å². The number of hydrogen-bond donors (Lipinski definition) is 1. The summed E-state index contributed by atoms with van der Waals surface area (Å²) in [5.74, 6) is 0.900.